The highest BCUT2D eigenvalue weighted by Gasteiger charge is 2.04. The molecule has 0 saturated heterocycles. The Hall–Kier alpha value is -2.35. The van der Waals surface area contributed by atoms with Gasteiger partial charge in [0, 0.05) is 24.2 Å². The Labute approximate surface area is 106 Å². The van der Waals surface area contributed by atoms with Crippen molar-refractivity contribution in [1.82, 2.24) is 14.8 Å². The highest BCUT2D eigenvalue weighted by Crippen LogP contribution is 2.17. The van der Waals surface area contributed by atoms with E-state index >= 15 is 0 Å². The highest BCUT2D eigenvalue weighted by molar-refractivity contribution is 5.60. The van der Waals surface area contributed by atoms with E-state index in [9.17, 15) is 0 Å². The minimum absolute atomic E-state index is 0.594. The molecule has 0 saturated carbocycles. The highest BCUT2D eigenvalue weighted by atomic mass is 15.3. The molecule has 5 nitrogen and oxygen atoms in total. The van der Waals surface area contributed by atoms with Crippen LogP contribution in [0.15, 0.2) is 30.6 Å². The second kappa shape index (κ2) is 5.82. The van der Waals surface area contributed by atoms with Crippen LogP contribution in [0.25, 0.3) is 11.4 Å². The van der Waals surface area contributed by atoms with Gasteiger partial charge < -0.3 is 5.73 Å². The van der Waals surface area contributed by atoms with E-state index in [1.54, 1.807) is 11.0 Å². The lowest BCUT2D eigenvalue weighted by atomic mass is 10.2. The maximum atomic E-state index is 8.45. The fourth-order valence-corrected chi connectivity index (χ4v) is 1.69. The van der Waals surface area contributed by atoms with Crippen molar-refractivity contribution >= 4 is 5.69 Å². The summed E-state index contributed by atoms with van der Waals surface area (Å²) in [4.78, 5) is 4.26. The van der Waals surface area contributed by atoms with Crippen LogP contribution in [-0.4, -0.2) is 14.8 Å². The van der Waals surface area contributed by atoms with Crippen LogP contribution in [0.1, 0.15) is 19.3 Å². The van der Waals surface area contributed by atoms with Crippen LogP contribution in [0.3, 0.4) is 0 Å². The third-order valence-electron chi connectivity index (χ3n) is 2.61. The fraction of sp³-hybridized carbons (Fsp3) is 0.308. The summed E-state index contributed by atoms with van der Waals surface area (Å²) in [7, 11) is 0. The first-order chi connectivity index (χ1) is 8.79. The number of nitriles is 1. The van der Waals surface area contributed by atoms with Crippen LogP contribution < -0.4 is 5.73 Å². The summed E-state index contributed by atoms with van der Waals surface area (Å²) in [6.07, 6.45) is 4.14. The summed E-state index contributed by atoms with van der Waals surface area (Å²) in [5.41, 5.74) is 7.35. The van der Waals surface area contributed by atoms with Crippen LogP contribution in [0.5, 0.6) is 0 Å². The SMILES string of the molecule is N#CCCCCn1cnc(-c2cccc(N)c2)n1. The number of hydrogen-bond acceptors (Lipinski definition) is 4. The van der Waals surface area contributed by atoms with Gasteiger partial charge in [0.05, 0.1) is 6.07 Å². The van der Waals surface area contributed by atoms with Gasteiger partial charge in [-0.05, 0) is 25.0 Å². The first-order valence-corrected chi connectivity index (χ1v) is 5.92. The molecule has 0 aliphatic heterocycles. The number of unbranched alkanes of at least 4 members (excludes halogenated alkanes) is 2. The number of rotatable bonds is 5. The predicted octanol–water partition coefficient (Wildman–Crippen LogP) is 2.22. The molecule has 0 aliphatic rings. The summed E-state index contributed by atoms with van der Waals surface area (Å²) >= 11 is 0. The van der Waals surface area contributed by atoms with Gasteiger partial charge in [-0.25, -0.2) is 4.98 Å². The number of hydrogen-bond donors (Lipinski definition) is 1. The number of nitrogens with two attached hydrogens (primary N) is 1. The maximum absolute atomic E-state index is 8.45. The van der Waals surface area contributed by atoms with Gasteiger partial charge in [-0.3, -0.25) is 4.68 Å². The van der Waals surface area contributed by atoms with E-state index in [0.717, 1.165) is 24.9 Å². The van der Waals surface area contributed by atoms with Gasteiger partial charge >= 0.3 is 0 Å². The van der Waals surface area contributed by atoms with Gasteiger partial charge in [0.2, 0.25) is 0 Å². The summed E-state index contributed by atoms with van der Waals surface area (Å²) in [5.74, 6) is 0.683. The Bertz CT molecular complexity index is 553. The Kier molecular flexibility index (Phi) is 3.92. The number of anilines is 1. The van der Waals surface area contributed by atoms with Crippen LogP contribution >= 0.6 is 0 Å². The third-order valence-corrected chi connectivity index (χ3v) is 2.61. The van der Waals surface area contributed by atoms with Crippen LogP contribution in [0.4, 0.5) is 5.69 Å². The van der Waals surface area contributed by atoms with Gasteiger partial charge in [-0.2, -0.15) is 10.4 Å². The molecule has 5 heteroatoms. The molecular weight excluding hydrogens is 226 g/mol. The van der Waals surface area contributed by atoms with Gasteiger partial charge in [0.1, 0.15) is 6.33 Å². The van der Waals surface area contributed by atoms with E-state index in [0.29, 0.717) is 17.9 Å². The smallest absolute Gasteiger partial charge is 0.181 e. The van der Waals surface area contributed by atoms with Gasteiger partial charge in [0.25, 0.3) is 0 Å². The quantitative estimate of drug-likeness (QED) is 0.643. The molecule has 0 radical (unpaired) electrons. The van der Waals surface area contributed by atoms with E-state index in [1.807, 2.05) is 24.3 Å². The largest absolute Gasteiger partial charge is 0.399 e. The van der Waals surface area contributed by atoms with Crippen molar-refractivity contribution in [2.45, 2.75) is 25.8 Å². The molecule has 92 valence electrons. The number of nitrogens with zero attached hydrogens (tertiary/aromatic N) is 4. The van der Waals surface area contributed by atoms with Gasteiger partial charge in [-0.1, -0.05) is 12.1 Å². The van der Waals surface area contributed by atoms with Crippen molar-refractivity contribution in [3.8, 4) is 17.5 Å². The summed E-state index contributed by atoms with van der Waals surface area (Å²) in [5, 5.41) is 12.8. The second-order valence-electron chi connectivity index (χ2n) is 4.07. The molecule has 0 unspecified atom stereocenters. The molecule has 2 rings (SSSR count). The van der Waals surface area contributed by atoms with E-state index in [-0.39, 0.29) is 0 Å². The number of benzene rings is 1. The lowest BCUT2D eigenvalue weighted by molar-refractivity contribution is 0.561. The monoisotopic (exact) mass is 241 g/mol. The molecule has 0 amide bonds. The Morgan fingerprint density at radius 2 is 2.22 bits per heavy atom. The minimum Gasteiger partial charge on any atom is -0.399 e. The lowest BCUT2D eigenvalue weighted by Crippen LogP contribution is -1.98. The molecule has 0 aliphatic carbocycles. The molecule has 1 heterocycles. The number of aromatic nitrogens is 3. The summed E-state index contributed by atoms with van der Waals surface area (Å²) in [6.45, 7) is 0.789. The normalized spacial score (nSPS) is 10.2. The summed E-state index contributed by atoms with van der Waals surface area (Å²) in [6, 6.07) is 9.65. The molecule has 1 aromatic heterocycles. The van der Waals surface area contributed by atoms with E-state index in [4.69, 9.17) is 11.0 Å². The maximum Gasteiger partial charge on any atom is 0.181 e. The zero-order chi connectivity index (χ0) is 12.8. The van der Waals surface area contributed by atoms with E-state index in [1.165, 1.54) is 0 Å². The Morgan fingerprint density at radius 1 is 1.33 bits per heavy atom. The average molecular weight is 241 g/mol. The first-order valence-electron chi connectivity index (χ1n) is 5.92. The Balaban J connectivity index is 2.00. The number of aryl methyl sites for hydroxylation is 1. The topological polar surface area (TPSA) is 80.5 Å². The first kappa shape index (κ1) is 12.1. The van der Waals surface area contributed by atoms with Crippen molar-refractivity contribution in [1.29, 1.82) is 5.26 Å². The standard InChI is InChI=1S/C13H15N5/c14-7-2-1-3-8-18-10-16-13(17-18)11-5-4-6-12(15)9-11/h4-6,9-10H,1-3,8,15H2. The molecular formula is C13H15N5. The predicted molar refractivity (Wildman–Crippen MR) is 69.3 cm³/mol. The number of nitrogen functional groups attached to an aromatic ring is 1. The van der Waals surface area contributed by atoms with Crippen molar-refractivity contribution in [3.63, 3.8) is 0 Å². The van der Waals surface area contributed by atoms with E-state index in [2.05, 4.69) is 16.2 Å². The zero-order valence-corrected chi connectivity index (χ0v) is 10.1. The molecule has 2 aromatic rings. The summed E-state index contributed by atoms with van der Waals surface area (Å²) < 4.78 is 1.80. The molecule has 0 fully saturated rings. The minimum atomic E-state index is 0.594. The van der Waals surface area contributed by atoms with Gasteiger partial charge in [-0.15, -0.1) is 0 Å². The molecule has 1 aromatic carbocycles. The third kappa shape index (κ3) is 3.08. The van der Waals surface area contributed by atoms with Crippen molar-refractivity contribution in [3.05, 3.63) is 30.6 Å². The van der Waals surface area contributed by atoms with Crippen molar-refractivity contribution in [2.24, 2.45) is 0 Å². The van der Waals surface area contributed by atoms with Crippen molar-refractivity contribution in [2.75, 3.05) is 5.73 Å². The Morgan fingerprint density at radius 3 is 3.00 bits per heavy atom. The molecule has 2 N–H and O–H groups in total. The molecule has 0 atom stereocenters. The van der Waals surface area contributed by atoms with E-state index < -0.39 is 0 Å². The molecule has 18 heavy (non-hydrogen) atoms. The van der Waals surface area contributed by atoms with Gasteiger partial charge in [0.15, 0.2) is 5.82 Å². The molecule has 0 spiro atoms. The van der Waals surface area contributed by atoms with Crippen molar-refractivity contribution < 1.29 is 0 Å². The lowest BCUT2D eigenvalue weighted by Gasteiger charge is -1.99. The average Bonchev–Trinajstić information content (AvgIpc) is 2.83. The van der Waals surface area contributed by atoms with Crippen LogP contribution in [0, 0.1) is 11.3 Å². The second-order valence-corrected chi connectivity index (χ2v) is 4.07. The zero-order valence-electron chi connectivity index (χ0n) is 10.1. The molecule has 0 bridgehead atoms. The fourth-order valence-electron chi connectivity index (χ4n) is 1.69. The van der Waals surface area contributed by atoms with Crippen LogP contribution in [-0.2, 0) is 6.54 Å². The van der Waals surface area contributed by atoms with Crippen LogP contribution in [0.2, 0.25) is 0 Å².